The third kappa shape index (κ3) is 3.53. The standard InChI is InChI=1S/C12H20FN5/c1-2-6-14-12-15-9-10(13)11(16-12)17-18-7-4-3-5-8-18/h9H,2-8H2,1H3,(H2,14,15,16,17). The molecule has 1 aromatic rings. The molecule has 2 rings (SSSR count). The van der Waals surface area contributed by atoms with Crippen LogP contribution < -0.4 is 10.7 Å². The number of nitrogens with zero attached hydrogens (tertiary/aromatic N) is 3. The lowest BCUT2D eigenvalue weighted by atomic mass is 10.2. The molecule has 1 aromatic heterocycles. The number of anilines is 2. The van der Waals surface area contributed by atoms with E-state index in [1.165, 1.54) is 12.6 Å². The van der Waals surface area contributed by atoms with Crippen LogP contribution in [0.5, 0.6) is 0 Å². The Bertz CT molecular complexity index is 379. The normalized spacial score (nSPS) is 16.6. The zero-order valence-electron chi connectivity index (χ0n) is 10.7. The summed E-state index contributed by atoms with van der Waals surface area (Å²) in [5, 5.41) is 5.06. The lowest BCUT2D eigenvalue weighted by Gasteiger charge is -2.27. The van der Waals surface area contributed by atoms with Gasteiger partial charge in [-0.3, -0.25) is 0 Å². The Hall–Kier alpha value is -1.43. The first-order valence-electron chi connectivity index (χ1n) is 6.57. The number of hydrogen-bond donors (Lipinski definition) is 2. The van der Waals surface area contributed by atoms with Crippen molar-refractivity contribution in [2.75, 3.05) is 30.4 Å². The maximum atomic E-state index is 13.6. The molecule has 5 nitrogen and oxygen atoms in total. The number of hydrogen-bond acceptors (Lipinski definition) is 5. The van der Waals surface area contributed by atoms with Gasteiger partial charge < -0.3 is 10.7 Å². The molecule has 1 saturated heterocycles. The maximum Gasteiger partial charge on any atom is 0.224 e. The Labute approximate surface area is 107 Å². The lowest BCUT2D eigenvalue weighted by molar-refractivity contribution is 0.270. The summed E-state index contributed by atoms with van der Waals surface area (Å²) in [4.78, 5) is 8.07. The summed E-state index contributed by atoms with van der Waals surface area (Å²) in [6.07, 6.45) is 5.71. The molecule has 0 atom stereocenters. The molecule has 18 heavy (non-hydrogen) atoms. The topological polar surface area (TPSA) is 53.1 Å². The molecule has 0 bridgehead atoms. The highest BCUT2D eigenvalue weighted by molar-refractivity contribution is 5.40. The van der Waals surface area contributed by atoms with Gasteiger partial charge in [0.1, 0.15) is 0 Å². The molecule has 0 amide bonds. The fraction of sp³-hybridized carbons (Fsp3) is 0.667. The molecule has 0 saturated carbocycles. The van der Waals surface area contributed by atoms with Crippen LogP contribution in [0.4, 0.5) is 16.2 Å². The molecule has 1 aliphatic rings. The van der Waals surface area contributed by atoms with E-state index in [1.54, 1.807) is 0 Å². The molecule has 0 aliphatic carbocycles. The van der Waals surface area contributed by atoms with Crippen LogP contribution in [0.25, 0.3) is 0 Å². The number of halogens is 1. The minimum absolute atomic E-state index is 0.255. The van der Waals surface area contributed by atoms with Crippen LogP contribution in [0.2, 0.25) is 0 Å². The number of piperidine rings is 1. The van der Waals surface area contributed by atoms with Gasteiger partial charge in [0.2, 0.25) is 5.95 Å². The smallest absolute Gasteiger partial charge is 0.224 e. The number of nitrogens with one attached hydrogen (secondary N) is 2. The molecule has 2 heterocycles. The van der Waals surface area contributed by atoms with E-state index in [0.29, 0.717) is 5.95 Å². The molecule has 0 spiro atoms. The van der Waals surface area contributed by atoms with Gasteiger partial charge >= 0.3 is 0 Å². The van der Waals surface area contributed by atoms with Crippen LogP contribution in [0, 0.1) is 5.82 Å². The van der Waals surface area contributed by atoms with Crippen LogP contribution in [0.3, 0.4) is 0 Å². The van der Waals surface area contributed by atoms with Crippen molar-refractivity contribution in [3.63, 3.8) is 0 Å². The highest BCUT2D eigenvalue weighted by Crippen LogP contribution is 2.15. The molecular formula is C12H20FN5. The Kier molecular flexibility index (Phi) is 4.69. The Morgan fingerprint density at radius 1 is 1.33 bits per heavy atom. The largest absolute Gasteiger partial charge is 0.354 e. The monoisotopic (exact) mass is 253 g/mol. The van der Waals surface area contributed by atoms with Gasteiger partial charge in [0.25, 0.3) is 0 Å². The van der Waals surface area contributed by atoms with Crippen molar-refractivity contribution in [3.8, 4) is 0 Å². The molecule has 2 N–H and O–H groups in total. The summed E-state index contributed by atoms with van der Waals surface area (Å²) in [5.41, 5.74) is 3.03. The molecule has 1 aliphatic heterocycles. The van der Waals surface area contributed by atoms with Gasteiger partial charge in [-0.05, 0) is 19.3 Å². The Morgan fingerprint density at radius 2 is 2.11 bits per heavy atom. The lowest BCUT2D eigenvalue weighted by Crippen LogP contribution is -2.35. The van der Waals surface area contributed by atoms with Crippen LogP contribution in [-0.4, -0.2) is 34.6 Å². The van der Waals surface area contributed by atoms with Crippen molar-refractivity contribution in [2.24, 2.45) is 0 Å². The van der Waals surface area contributed by atoms with E-state index in [0.717, 1.165) is 38.9 Å². The Balaban J connectivity index is 2.00. The van der Waals surface area contributed by atoms with Gasteiger partial charge in [-0.25, -0.2) is 14.4 Å². The van der Waals surface area contributed by atoms with Crippen molar-refractivity contribution in [2.45, 2.75) is 32.6 Å². The summed E-state index contributed by atoms with van der Waals surface area (Å²) in [6, 6.07) is 0. The summed E-state index contributed by atoms with van der Waals surface area (Å²) in [6.45, 7) is 4.71. The average molecular weight is 253 g/mol. The quantitative estimate of drug-likeness (QED) is 0.843. The Morgan fingerprint density at radius 3 is 2.83 bits per heavy atom. The van der Waals surface area contributed by atoms with Crippen molar-refractivity contribution in [1.29, 1.82) is 0 Å². The molecule has 0 aromatic carbocycles. The van der Waals surface area contributed by atoms with E-state index in [9.17, 15) is 4.39 Å². The number of rotatable bonds is 5. The predicted molar refractivity (Wildman–Crippen MR) is 69.8 cm³/mol. The van der Waals surface area contributed by atoms with Crippen molar-refractivity contribution < 1.29 is 4.39 Å². The van der Waals surface area contributed by atoms with Crippen LogP contribution in [0.1, 0.15) is 32.6 Å². The van der Waals surface area contributed by atoms with E-state index >= 15 is 0 Å². The first kappa shape index (κ1) is 13.0. The summed E-state index contributed by atoms with van der Waals surface area (Å²) in [5.74, 6) is 0.311. The third-order valence-electron chi connectivity index (χ3n) is 2.90. The fourth-order valence-corrected chi connectivity index (χ4v) is 1.92. The fourth-order valence-electron chi connectivity index (χ4n) is 1.92. The van der Waals surface area contributed by atoms with Crippen LogP contribution in [0.15, 0.2) is 6.20 Å². The zero-order valence-corrected chi connectivity index (χ0v) is 10.7. The van der Waals surface area contributed by atoms with Crippen molar-refractivity contribution in [1.82, 2.24) is 15.0 Å². The van der Waals surface area contributed by atoms with Gasteiger partial charge in [-0.2, -0.15) is 4.98 Å². The highest BCUT2D eigenvalue weighted by Gasteiger charge is 2.13. The minimum Gasteiger partial charge on any atom is -0.354 e. The van der Waals surface area contributed by atoms with Gasteiger partial charge in [0.15, 0.2) is 11.6 Å². The highest BCUT2D eigenvalue weighted by atomic mass is 19.1. The molecule has 1 fully saturated rings. The molecule has 0 unspecified atom stereocenters. The van der Waals surface area contributed by atoms with Gasteiger partial charge in [0.05, 0.1) is 6.20 Å². The second-order valence-corrected chi connectivity index (χ2v) is 4.48. The van der Waals surface area contributed by atoms with Crippen LogP contribution in [-0.2, 0) is 0 Å². The molecule has 100 valence electrons. The van der Waals surface area contributed by atoms with Gasteiger partial charge in [-0.1, -0.05) is 13.3 Å². The van der Waals surface area contributed by atoms with E-state index in [4.69, 9.17) is 0 Å². The van der Waals surface area contributed by atoms with Crippen molar-refractivity contribution >= 4 is 11.8 Å². The van der Waals surface area contributed by atoms with E-state index < -0.39 is 5.82 Å². The van der Waals surface area contributed by atoms with Gasteiger partial charge in [-0.15, -0.1) is 0 Å². The zero-order chi connectivity index (χ0) is 12.8. The second kappa shape index (κ2) is 6.49. The van der Waals surface area contributed by atoms with Crippen LogP contribution >= 0.6 is 0 Å². The SMILES string of the molecule is CCCNc1ncc(F)c(NN2CCCCC2)n1. The minimum atomic E-state index is -0.414. The van der Waals surface area contributed by atoms with E-state index in [1.807, 2.05) is 5.01 Å². The molecule has 6 heteroatoms. The first-order valence-corrected chi connectivity index (χ1v) is 6.57. The number of aromatic nitrogens is 2. The second-order valence-electron chi connectivity index (χ2n) is 4.48. The maximum absolute atomic E-state index is 13.6. The van der Waals surface area contributed by atoms with Gasteiger partial charge in [0, 0.05) is 19.6 Å². The summed E-state index contributed by atoms with van der Waals surface area (Å²) >= 11 is 0. The third-order valence-corrected chi connectivity index (χ3v) is 2.90. The summed E-state index contributed by atoms with van der Waals surface area (Å²) < 4.78 is 13.6. The van der Waals surface area contributed by atoms with Crippen molar-refractivity contribution in [3.05, 3.63) is 12.0 Å². The van der Waals surface area contributed by atoms with E-state index in [2.05, 4.69) is 27.6 Å². The molecular weight excluding hydrogens is 233 g/mol. The number of hydrazine groups is 1. The first-order chi connectivity index (χ1) is 8.79. The molecule has 0 radical (unpaired) electrons. The summed E-state index contributed by atoms with van der Waals surface area (Å²) in [7, 11) is 0. The predicted octanol–water partition coefficient (Wildman–Crippen LogP) is 2.25. The average Bonchev–Trinajstić information content (AvgIpc) is 2.41. The van der Waals surface area contributed by atoms with E-state index in [-0.39, 0.29) is 5.82 Å².